The van der Waals surface area contributed by atoms with E-state index >= 15 is 0 Å². The Kier molecular flexibility index (Phi) is 5.95. The first-order chi connectivity index (χ1) is 15.2. The Morgan fingerprint density at radius 3 is 2.39 bits per heavy atom. The zero-order chi connectivity index (χ0) is 21.6. The molecule has 0 fully saturated rings. The summed E-state index contributed by atoms with van der Waals surface area (Å²) in [5.41, 5.74) is 5.42. The summed E-state index contributed by atoms with van der Waals surface area (Å²) < 4.78 is 10.2. The van der Waals surface area contributed by atoms with E-state index in [2.05, 4.69) is 46.4 Å². The van der Waals surface area contributed by atoms with Crippen LogP contribution in [0.4, 0.5) is 4.79 Å². The van der Waals surface area contributed by atoms with E-state index in [9.17, 15) is 9.59 Å². The van der Waals surface area contributed by atoms with E-state index in [1.165, 1.54) is 36.7 Å². The number of esters is 1. The Morgan fingerprint density at radius 2 is 1.71 bits per heavy atom. The Bertz CT molecular complexity index is 1150. The molecule has 1 aromatic heterocycles. The van der Waals surface area contributed by atoms with Gasteiger partial charge in [0.1, 0.15) is 6.61 Å². The number of benzene rings is 2. The number of nitrogens with zero attached hydrogens (tertiary/aromatic N) is 1. The third kappa shape index (κ3) is 4.26. The Hall–Kier alpha value is -4.11. The van der Waals surface area contributed by atoms with Gasteiger partial charge in [-0.25, -0.2) is 9.59 Å². The van der Waals surface area contributed by atoms with Crippen molar-refractivity contribution < 1.29 is 19.1 Å². The van der Waals surface area contributed by atoms with Gasteiger partial charge in [-0.2, -0.15) is 0 Å². The second-order valence-corrected chi connectivity index (χ2v) is 6.89. The summed E-state index contributed by atoms with van der Waals surface area (Å²) in [7, 11) is 1.30. The van der Waals surface area contributed by atoms with E-state index in [-0.39, 0.29) is 19.1 Å². The van der Waals surface area contributed by atoms with Crippen LogP contribution < -0.4 is 5.32 Å². The van der Waals surface area contributed by atoms with Crippen LogP contribution >= 0.6 is 0 Å². The molecule has 0 aliphatic heterocycles. The van der Waals surface area contributed by atoms with E-state index in [4.69, 9.17) is 9.47 Å². The second-order valence-electron chi connectivity index (χ2n) is 6.89. The molecule has 31 heavy (non-hydrogen) atoms. The largest absolute Gasteiger partial charge is 0.465 e. The summed E-state index contributed by atoms with van der Waals surface area (Å²) in [4.78, 5) is 27.9. The number of ether oxygens (including phenoxy) is 2. The fourth-order valence-electron chi connectivity index (χ4n) is 3.69. The van der Waals surface area contributed by atoms with Crippen LogP contribution in [0.15, 0.2) is 67.0 Å². The minimum absolute atomic E-state index is 0.00208. The highest BCUT2D eigenvalue weighted by molar-refractivity contribution is 5.92. The number of nitrogens with one attached hydrogen (secondary N) is 1. The molecule has 0 bridgehead atoms. The van der Waals surface area contributed by atoms with Crippen molar-refractivity contribution >= 4 is 12.1 Å². The summed E-state index contributed by atoms with van der Waals surface area (Å²) in [5.74, 6) is 5.14. The lowest BCUT2D eigenvalue weighted by molar-refractivity contribution is 0.0600. The van der Waals surface area contributed by atoms with Crippen LogP contribution in [0.3, 0.4) is 0 Å². The first kappa shape index (κ1) is 20.2. The molecular weight excluding hydrogens is 392 g/mol. The number of fused-ring (bicyclic) bond motifs is 3. The molecule has 0 atom stereocenters. The number of hydrogen-bond acceptors (Lipinski definition) is 5. The molecule has 1 amide bonds. The zero-order valence-electron chi connectivity index (χ0n) is 16.9. The number of carbonyl (C=O) groups excluding carboxylic acids is 2. The van der Waals surface area contributed by atoms with Gasteiger partial charge < -0.3 is 14.8 Å². The number of hydrogen-bond donors (Lipinski definition) is 1. The van der Waals surface area contributed by atoms with E-state index < -0.39 is 12.1 Å². The smallest absolute Gasteiger partial charge is 0.407 e. The van der Waals surface area contributed by atoms with Gasteiger partial charge in [-0.3, -0.25) is 4.98 Å². The first-order valence-corrected chi connectivity index (χ1v) is 9.79. The Labute approximate surface area is 180 Å². The van der Waals surface area contributed by atoms with Crippen LogP contribution in [0.5, 0.6) is 0 Å². The number of amides is 1. The number of methoxy groups -OCH3 is 1. The van der Waals surface area contributed by atoms with Gasteiger partial charge in [-0.1, -0.05) is 60.4 Å². The molecule has 6 heteroatoms. The number of carbonyl (C=O) groups is 2. The maximum absolute atomic E-state index is 12.2. The minimum Gasteiger partial charge on any atom is -0.465 e. The summed E-state index contributed by atoms with van der Waals surface area (Å²) in [6.07, 6.45) is 2.43. The molecule has 4 rings (SSSR count). The maximum Gasteiger partial charge on any atom is 0.407 e. The second kappa shape index (κ2) is 9.14. The Balaban J connectivity index is 1.36. The number of aromatic nitrogens is 1. The van der Waals surface area contributed by atoms with Crippen molar-refractivity contribution in [2.24, 2.45) is 0 Å². The molecule has 6 nitrogen and oxygen atoms in total. The van der Waals surface area contributed by atoms with Crippen LogP contribution in [0.1, 0.15) is 33.0 Å². The van der Waals surface area contributed by atoms with Gasteiger partial charge in [0.25, 0.3) is 0 Å². The molecule has 1 aliphatic carbocycles. The number of pyridine rings is 1. The van der Waals surface area contributed by atoms with E-state index in [1.807, 2.05) is 24.3 Å². The predicted octanol–water partition coefficient (Wildman–Crippen LogP) is 3.76. The van der Waals surface area contributed by atoms with Crippen molar-refractivity contribution in [1.29, 1.82) is 0 Å². The van der Waals surface area contributed by atoms with Crippen molar-refractivity contribution in [2.45, 2.75) is 5.92 Å². The lowest BCUT2D eigenvalue weighted by atomic mass is 9.98. The molecule has 0 radical (unpaired) electrons. The van der Waals surface area contributed by atoms with Gasteiger partial charge >= 0.3 is 12.1 Å². The average Bonchev–Trinajstić information content (AvgIpc) is 3.14. The Morgan fingerprint density at radius 1 is 1.03 bits per heavy atom. The van der Waals surface area contributed by atoms with E-state index in [0.717, 1.165) is 11.1 Å². The van der Waals surface area contributed by atoms with Gasteiger partial charge in [-0.15, -0.1) is 0 Å². The van der Waals surface area contributed by atoms with Crippen molar-refractivity contribution in [1.82, 2.24) is 10.3 Å². The molecule has 154 valence electrons. The lowest BCUT2D eigenvalue weighted by Gasteiger charge is -2.14. The minimum atomic E-state index is -0.546. The molecule has 1 N–H and O–H groups in total. The summed E-state index contributed by atoms with van der Waals surface area (Å²) in [6, 6.07) is 17.9. The third-order valence-electron chi connectivity index (χ3n) is 5.11. The van der Waals surface area contributed by atoms with Gasteiger partial charge in [-0.05, 0) is 28.3 Å². The molecule has 0 spiro atoms. The first-order valence-electron chi connectivity index (χ1n) is 9.79. The molecular formula is C25H20N2O4. The summed E-state index contributed by atoms with van der Waals surface area (Å²) in [5, 5.41) is 2.62. The van der Waals surface area contributed by atoms with Gasteiger partial charge in [0.2, 0.25) is 0 Å². The fraction of sp³-hybridized carbons (Fsp3) is 0.160. The molecule has 2 aromatic carbocycles. The van der Waals surface area contributed by atoms with Crippen LogP contribution in [-0.4, -0.2) is 37.3 Å². The van der Waals surface area contributed by atoms with Crippen molar-refractivity contribution in [3.8, 4) is 23.0 Å². The van der Waals surface area contributed by atoms with Gasteiger partial charge in [0.05, 0.1) is 24.8 Å². The topological polar surface area (TPSA) is 77.5 Å². The van der Waals surface area contributed by atoms with E-state index in [1.54, 1.807) is 0 Å². The molecule has 1 heterocycles. The molecule has 0 unspecified atom stereocenters. The van der Waals surface area contributed by atoms with E-state index in [0.29, 0.717) is 11.1 Å². The molecule has 1 aliphatic rings. The lowest BCUT2D eigenvalue weighted by Crippen LogP contribution is -2.26. The zero-order valence-corrected chi connectivity index (χ0v) is 16.9. The van der Waals surface area contributed by atoms with Crippen molar-refractivity contribution in [3.63, 3.8) is 0 Å². The standard InChI is InChI=1S/C25H20N2O4/c1-30-24(28)18-12-14-26-15-17(18)7-6-13-27-25(29)31-16-23-21-10-4-2-8-19(21)20-9-3-5-11-22(20)23/h2-5,8-12,14-15,23H,13,16H2,1H3,(H,27,29). The highest BCUT2D eigenvalue weighted by atomic mass is 16.5. The fourth-order valence-corrected chi connectivity index (χ4v) is 3.69. The molecule has 0 saturated heterocycles. The highest BCUT2D eigenvalue weighted by Crippen LogP contribution is 2.44. The SMILES string of the molecule is COC(=O)c1ccncc1C#CCNC(=O)OCC1c2ccccc2-c2ccccc21. The molecule has 3 aromatic rings. The highest BCUT2D eigenvalue weighted by Gasteiger charge is 2.28. The van der Waals surface area contributed by atoms with Crippen LogP contribution in [-0.2, 0) is 9.47 Å². The normalized spacial score (nSPS) is 11.5. The number of rotatable bonds is 4. The molecule has 0 saturated carbocycles. The maximum atomic E-state index is 12.2. The van der Waals surface area contributed by atoms with Crippen molar-refractivity contribution in [2.75, 3.05) is 20.3 Å². The third-order valence-corrected chi connectivity index (χ3v) is 5.11. The summed E-state index contributed by atoms with van der Waals surface area (Å²) >= 11 is 0. The predicted molar refractivity (Wildman–Crippen MR) is 116 cm³/mol. The van der Waals surface area contributed by atoms with Gasteiger partial charge in [0.15, 0.2) is 0 Å². The summed E-state index contributed by atoms with van der Waals surface area (Å²) in [6.45, 7) is 0.314. The average molecular weight is 412 g/mol. The monoisotopic (exact) mass is 412 g/mol. The van der Waals surface area contributed by atoms with Crippen LogP contribution in [0.2, 0.25) is 0 Å². The van der Waals surface area contributed by atoms with Crippen LogP contribution in [0.25, 0.3) is 11.1 Å². The van der Waals surface area contributed by atoms with Crippen LogP contribution in [0, 0.1) is 11.8 Å². The number of alkyl carbamates (subject to hydrolysis) is 1. The van der Waals surface area contributed by atoms with Gasteiger partial charge in [0, 0.05) is 18.3 Å². The van der Waals surface area contributed by atoms with Crippen molar-refractivity contribution in [3.05, 3.63) is 89.2 Å². The quantitative estimate of drug-likeness (QED) is 0.522.